The van der Waals surface area contributed by atoms with Crippen molar-refractivity contribution in [3.8, 4) is 0 Å². The molecule has 1 fully saturated rings. The van der Waals surface area contributed by atoms with Crippen LogP contribution in [-0.2, 0) is 4.74 Å². The zero-order valence-electron chi connectivity index (χ0n) is 18.0. The van der Waals surface area contributed by atoms with Crippen molar-refractivity contribution in [2.75, 3.05) is 20.3 Å². The van der Waals surface area contributed by atoms with Crippen molar-refractivity contribution in [3.63, 3.8) is 0 Å². The number of benzene rings is 1. The van der Waals surface area contributed by atoms with Crippen LogP contribution in [0.4, 0.5) is 13.2 Å². The van der Waals surface area contributed by atoms with Crippen LogP contribution < -0.4 is 5.73 Å². The minimum absolute atomic E-state index is 0.168. The molecular weight excluding hydrogens is 489 g/mol. The van der Waals surface area contributed by atoms with Gasteiger partial charge in [-0.2, -0.15) is 13.9 Å². The molecule has 7 nitrogen and oxygen atoms in total. The molecule has 1 aromatic carbocycles. The van der Waals surface area contributed by atoms with Gasteiger partial charge >= 0.3 is 6.55 Å². The first kappa shape index (κ1) is 23.0. The molecule has 0 spiro atoms. The summed E-state index contributed by atoms with van der Waals surface area (Å²) >= 11 is 7.85. The van der Waals surface area contributed by atoms with Crippen molar-refractivity contribution in [1.29, 1.82) is 0 Å². The molecule has 0 saturated carbocycles. The molecule has 0 bridgehead atoms. The SMILES string of the molecule is COC[C@@]1(N)CC2=C(c3ccn(C(F)F)n3)[C@H](c3ccc(F)cc3Cl)N=C(c3nccs3)N2C1. The highest BCUT2D eigenvalue weighted by Gasteiger charge is 2.46. The van der Waals surface area contributed by atoms with Crippen LogP contribution in [0.15, 0.2) is 52.7 Å². The van der Waals surface area contributed by atoms with E-state index in [4.69, 9.17) is 27.1 Å². The van der Waals surface area contributed by atoms with Crippen LogP contribution in [0.25, 0.3) is 5.57 Å². The number of thiazole rings is 1. The molecule has 5 rings (SSSR count). The Labute approximate surface area is 202 Å². The number of nitrogens with two attached hydrogens (primary N) is 1. The summed E-state index contributed by atoms with van der Waals surface area (Å²) in [5, 5.41) is 6.78. The number of alkyl halides is 2. The van der Waals surface area contributed by atoms with E-state index < -0.39 is 23.9 Å². The Morgan fingerprint density at radius 2 is 2.18 bits per heavy atom. The van der Waals surface area contributed by atoms with Gasteiger partial charge in [0.05, 0.1) is 17.8 Å². The molecule has 12 heteroatoms. The maximum Gasteiger partial charge on any atom is 0.333 e. The number of aromatic nitrogens is 3. The molecule has 1 saturated heterocycles. The molecule has 34 heavy (non-hydrogen) atoms. The van der Waals surface area contributed by atoms with E-state index in [-0.39, 0.29) is 11.6 Å². The Morgan fingerprint density at radius 3 is 2.82 bits per heavy atom. The Balaban J connectivity index is 1.74. The lowest BCUT2D eigenvalue weighted by Crippen LogP contribution is -2.47. The molecule has 2 aromatic heterocycles. The first-order valence-corrected chi connectivity index (χ1v) is 11.6. The van der Waals surface area contributed by atoms with Gasteiger partial charge in [0.25, 0.3) is 0 Å². The van der Waals surface area contributed by atoms with Gasteiger partial charge in [-0.15, -0.1) is 11.3 Å². The van der Waals surface area contributed by atoms with Crippen LogP contribution >= 0.6 is 22.9 Å². The number of fused-ring (bicyclic) bond motifs is 1. The third kappa shape index (κ3) is 4.02. The van der Waals surface area contributed by atoms with Gasteiger partial charge in [0.2, 0.25) is 0 Å². The summed E-state index contributed by atoms with van der Waals surface area (Å²) in [7, 11) is 1.57. The van der Waals surface area contributed by atoms with E-state index in [0.717, 1.165) is 5.70 Å². The van der Waals surface area contributed by atoms with E-state index in [1.54, 1.807) is 19.4 Å². The summed E-state index contributed by atoms with van der Waals surface area (Å²) in [6.07, 6.45) is 3.27. The minimum atomic E-state index is -2.80. The smallest absolute Gasteiger partial charge is 0.333 e. The van der Waals surface area contributed by atoms with Crippen LogP contribution in [0.3, 0.4) is 0 Å². The van der Waals surface area contributed by atoms with Gasteiger partial charge in [0, 0.05) is 59.7 Å². The second-order valence-electron chi connectivity index (χ2n) is 8.24. The lowest BCUT2D eigenvalue weighted by Gasteiger charge is -2.32. The molecule has 0 aliphatic carbocycles. The summed E-state index contributed by atoms with van der Waals surface area (Å²) in [6.45, 7) is -2.14. The maximum atomic E-state index is 13.9. The average Bonchev–Trinajstić information content (AvgIpc) is 3.53. The zero-order valence-corrected chi connectivity index (χ0v) is 19.5. The second kappa shape index (κ2) is 8.81. The minimum Gasteiger partial charge on any atom is -0.383 e. The molecule has 0 unspecified atom stereocenters. The van der Waals surface area contributed by atoms with E-state index in [9.17, 15) is 13.2 Å². The predicted molar refractivity (Wildman–Crippen MR) is 123 cm³/mol. The lowest BCUT2D eigenvalue weighted by atomic mass is 9.90. The van der Waals surface area contributed by atoms with E-state index in [2.05, 4.69) is 10.1 Å². The number of rotatable bonds is 6. The van der Waals surface area contributed by atoms with Crippen molar-refractivity contribution >= 4 is 34.3 Å². The van der Waals surface area contributed by atoms with Crippen LogP contribution in [0.1, 0.15) is 35.3 Å². The second-order valence-corrected chi connectivity index (χ2v) is 9.54. The van der Waals surface area contributed by atoms with Gasteiger partial charge in [0.15, 0.2) is 10.8 Å². The largest absolute Gasteiger partial charge is 0.383 e. The number of nitrogens with zero attached hydrogens (tertiary/aromatic N) is 5. The number of methoxy groups -OCH3 is 1. The van der Waals surface area contributed by atoms with E-state index in [1.165, 1.54) is 35.7 Å². The normalized spacial score (nSPS) is 22.5. The van der Waals surface area contributed by atoms with Gasteiger partial charge in [-0.05, 0) is 18.2 Å². The van der Waals surface area contributed by atoms with Gasteiger partial charge in [-0.25, -0.2) is 14.1 Å². The average molecular weight is 509 g/mol. The first-order valence-electron chi connectivity index (χ1n) is 10.3. The third-order valence-corrected chi connectivity index (χ3v) is 6.90. The summed E-state index contributed by atoms with van der Waals surface area (Å²) in [4.78, 5) is 11.3. The van der Waals surface area contributed by atoms with Gasteiger partial charge < -0.3 is 15.4 Å². The molecule has 2 aliphatic rings. The van der Waals surface area contributed by atoms with Gasteiger partial charge in [0.1, 0.15) is 11.9 Å². The number of hydrogen-bond donors (Lipinski definition) is 1. The van der Waals surface area contributed by atoms with Crippen LogP contribution in [0, 0.1) is 5.82 Å². The maximum absolute atomic E-state index is 13.9. The van der Waals surface area contributed by atoms with Crippen molar-refractivity contribution in [1.82, 2.24) is 19.7 Å². The molecule has 2 aliphatic heterocycles. The summed E-state index contributed by atoms with van der Waals surface area (Å²) in [6, 6.07) is 4.82. The number of halogens is 4. The summed E-state index contributed by atoms with van der Waals surface area (Å²) in [5.74, 6) is 0.0873. The third-order valence-electron chi connectivity index (χ3n) is 5.81. The van der Waals surface area contributed by atoms with E-state index in [0.29, 0.717) is 45.3 Å². The monoisotopic (exact) mass is 508 g/mol. The van der Waals surface area contributed by atoms with Crippen LogP contribution in [0.5, 0.6) is 0 Å². The molecule has 178 valence electrons. The fourth-order valence-corrected chi connectivity index (χ4v) is 5.38. The van der Waals surface area contributed by atoms with Crippen molar-refractivity contribution < 1.29 is 17.9 Å². The Morgan fingerprint density at radius 1 is 1.35 bits per heavy atom. The highest BCUT2D eigenvalue weighted by atomic mass is 35.5. The topological polar surface area (TPSA) is 81.6 Å². The molecule has 4 heterocycles. The molecule has 0 amide bonds. The molecule has 2 atom stereocenters. The predicted octanol–water partition coefficient (Wildman–Crippen LogP) is 4.49. The molecular formula is C22H20ClF3N6OS. The highest BCUT2D eigenvalue weighted by Crippen LogP contribution is 2.47. The standard InChI is InChI=1S/C22H20ClF3N6OS/c1-33-11-22(27)9-16-17(15-4-6-32(30-15)21(25)26)18(13-3-2-12(24)8-14(13)23)29-19(31(16)10-22)20-28-5-7-34-20/h2-8,18,21H,9-11,27H2,1H3/t18-,22+/m0/s1. The van der Waals surface area contributed by atoms with Crippen molar-refractivity contribution in [3.05, 3.63) is 74.8 Å². The quantitative estimate of drug-likeness (QED) is 0.530. The molecule has 3 aromatic rings. The Bertz CT molecular complexity index is 1280. The Kier molecular flexibility index (Phi) is 5.96. The summed E-state index contributed by atoms with van der Waals surface area (Å²) in [5.41, 5.74) is 8.11. The Hall–Kier alpha value is -2.73. The lowest BCUT2D eigenvalue weighted by molar-refractivity contribution is 0.0564. The van der Waals surface area contributed by atoms with Crippen molar-refractivity contribution in [2.45, 2.75) is 24.6 Å². The van der Waals surface area contributed by atoms with E-state index in [1.807, 2.05) is 10.3 Å². The highest BCUT2D eigenvalue weighted by molar-refractivity contribution is 7.11. The fourth-order valence-electron chi connectivity index (χ4n) is 4.47. The van der Waals surface area contributed by atoms with Gasteiger partial charge in [-0.1, -0.05) is 17.7 Å². The number of aliphatic imine (C=N–C) groups is 1. The zero-order chi connectivity index (χ0) is 24.0. The van der Waals surface area contributed by atoms with Crippen LogP contribution in [-0.4, -0.2) is 51.3 Å². The van der Waals surface area contributed by atoms with Crippen molar-refractivity contribution in [2.24, 2.45) is 10.7 Å². The first-order chi connectivity index (χ1) is 16.3. The summed E-state index contributed by atoms with van der Waals surface area (Å²) < 4.78 is 46.5. The molecule has 0 radical (unpaired) electrons. The number of amidine groups is 1. The number of ether oxygens (including phenoxy) is 1. The fraction of sp³-hybridized carbons (Fsp3) is 0.318. The van der Waals surface area contributed by atoms with Crippen LogP contribution in [0.2, 0.25) is 5.02 Å². The van der Waals surface area contributed by atoms with E-state index >= 15 is 0 Å². The molecule has 2 N–H and O–H groups in total. The van der Waals surface area contributed by atoms with Gasteiger partial charge in [-0.3, -0.25) is 4.99 Å². The number of hydrogen-bond acceptors (Lipinski definition) is 7.